The monoisotopic (exact) mass is 442 g/mol. The number of para-hydroxylation sites is 1. The summed E-state index contributed by atoms with van der Waals surface area (Å²) in [4.78, 5) is 31.1. The summed E-state index contributed by atoms with van der Waals surface area (Å²) >= 11 is 1.14. The highest BCUT2D eigenvalue weighted by Crippen LogP contribution is 2.36. The van der Waals surface area contributed by atoms with Crippen LogP contribution in [0.1, 0.15) is 32.9 Å². The number of anilines is 1. The summed E-state index contributed by atoms with van der Waals surface area (Å²) in [5, 5.41) is 3.08. The quantitative estimate of drug-likeness (QED) is 0.545. The maximum absolute atomic E-state index is 13.2. The number of benzene rings is 1. The average molecular weight is 442 g/mol. The van der Waals surface area contributed by atoms with E-state index in [4.69, 9.17) is 18.6 Å². The van der Waals surface area contributed by atoms with Gasteiger partial charge in [-0.3, -0.25) is 14.9 Å². The third-order valence-corrected chi connectivity index (χ3v) is 6.05. The van der Waals surface area contributed by atoms with Crippen molar-refractivity contribution in [1.82, 2.24) is 4.98 Å². The van der Waals surface area contributed by atoms with Crippen molar-refractivity contribution in [2.24, 2.45) is 5.92 Å². The number of hydrogen-bond acceptors (Lipinski definition) is 8. The van der Waals surface area contributed by atoms with Gasteiger partial charge in [-0.1, -0.05) is 17.4 Å². The number of thiazole rings is 1. The second kappa shape index (κ2) is 9.32. The van der Waals surface area contributed by atoms with Gasteiger partial charge < -0.3 is 18.6 Å². The lowest BCUT2D eigenvalue weighted by molar-refractivity contribution is 0.0547. The molecular formula is C22H22N2O6S. The van der Waals surface area contributed by atoms with Crippen LogP contribution in [-0.4, -0.2) is 44.1 Å². The molecule has 3 heterocycles. The van der Waals surface area contributed by atoms with Gasteiger partial charge in [-0.05, 0) is 37.1 Å². The highest BCUT2D eigenvalue weighted by molar-refractivity contribution is 7.18. The van der Waals surface area contributed by atoms with Crippen molar-refractivity contribution in [2.75, 3.05) is 32.8 Å². The summed E-state index contributed by atoms with van der Waals surface area (Å²) in [6.45, 7) is 1.12. The van der Waals surface area contributed by atoms with E-state index in [2.05, 4.69) is 10.3 Å². The molecule has 0 unspecified atom stereocenters. The first kappa shape index (κ1) is 21.1. The van der Waals surface area contributed by atoms with Gasteiger partial charge in [-0.2, -0.15) is 0 Å². The third kappa shape index (κ3) is 4.33. The fraction of sp³-hybridized carbons (Fsp3) is 0.318. The Bertz CT molecular complexity index is 1070. The number of carbonyl (C=O) groups is 2. The number of ether oxygens (including phenoxy) is 3. The van der Waals surface area contributed by atoms with E-state index >= 15 is 0 Å². The van der Waals surface area contributed by atoms with Crippen molar-refractivity contribution in [1.29, 1.82) is 0 Å². The molecule has 1 fully saturated rings. The van der Waals surface area contributed by atoms with Gasteiger partial charge in [0.05, 0.1) is 26.0 Å². The van der Waals surface area contributed by atoms with E-state index in [0.29, 0.717) is 64.6 Å². The number of nitrogens with zero attached hydrogens (tertiary/aromatic N) is 1. The van der Waals surface area contributed by atoms with Gasteiger partial charge in [-0.15, -0.1) is 0 Å². The van der Waals surface area contributed by atoms with Crippen molar-refractivity contribution in [3.8, 4) is 23.0 Å². The maximum Gasteiger partial charge on any atom is 0.261 e. The van der Waals surface area contributed by atoms with Crippen LogP contribution in [-0.2, 0) is 4.74 Å². The van der Waals surface area contributed by atoms with E-state index in [9.17, 15) is 9.59 Å². The standard InChI is InChI=1S/C22H22N2O6S/c1-27-16-6-3-5-14(19(16)28-2)21(26)24-22-23-17(15-7-4-10-30-15)20(31-22)18(25)13-8-11-29-12-9-13/h3-7,10,13H,8-9,11-12H2,1-2H3,(H,23,24,26). The van der Waals surface area contributed by atoms with Gasteiger partial charge in [-0.25, -0.2) is 4.98 Å². The Morgan fingerprint density at radius 2 is 1.94 bits per heavy atom. The van der Waals surface area contributed by atoms with Crippen LogP contribution in [0.15, 0.2) is 41.0 Å². The number of amides is 1. The predicted octanol–water partition coefficient (Wildman–Crippen LogP) is 4.28. The minimum atomic E-state index is -0.416. The minimum Gasteiger partial charge on any atom is -0.493 e. The molecule has 0 aliphatic carbocycles. The third-order valence-electron chi connectivity index (χ3n) is 5.07. The van der Waals surface area contributed by atoms with Crippen LogP contribution >= 0.6 is 11.3 Å². The lowest BCUT2D eigenvalue weighted by Gasteiger charge is -2.20. The van der Waals surface area contributed by atoms with Crippen LogP contribution < -0.4 is 14.8 Å². The maximum atomic E-state index is 13.2. The molecule has 9 heteroatoms. The van der Waals surface area contributed by atoms with Crippen molar-refractivity contribution in [2.45, 2.75) is 12.8 Å². The summed E-state index contributed by atoms with van der Waals surface area (Å²) in [7, 11) is 2.97. The van der Waals surface area contributed by atoms with Crippen LogP contribution in [0.4, 0.5) is 5.13 Å². The first-order valence-corrected chi connectivity index (χ1v) is 10.6. The fourth-order valence-electron chi connectivity index (χ4n) is 3.50. The number of aromatic nitrogens is 1. The van der Waals surface area contributed by atoms with Crippen LogP contribution in [0.25, 0.3) is 11.5 Å². The zero-order valence-electron chi connectivity index (χ0n) is 17.2. The number of furan rings is 1. The summed E-state index contributed by atoms with van der Waals surface area (Å²) < 4.78 is 21.5. The molecule has 8 nitrogen and oxygen atoms in total. The van der Waals surface area contributed by atoms with Crippen molar-refractivity contribution >= 4 is 28.2 Å². The molecule has 0 bridgehead atoms. The van der Waals surface area contributed by atoms with Crippen molar-refractivity contribution < 1.29 is 28.2 Å². The summed E-state index contributed by atoms with van der Waals surface area (Å²) in [5.41, 5.74) is 0.730. The lowest BCUT2D eigenvalue weighted by atomic mass is 9.94. The van der Waals surface area contributed by atoms with Gasteiger partial charge >= 0.3 is 0 Å². The Labute approximate surface area is 183 Å². The van der Waals surface area contributed by atoms with E-state index in [1.165, 1.54) is 20.5 Å². The highest BCUT2D eigenvalue weighted by Gasteiger charge is 2.29. The van der Waals surface area contributed by atoms with E-state index in [-0.39, 0.29) is 11.7 Å². The number of ketones is 1. The molecule has 2 aromatic heterocycles. The van der Waals surface area contributed by atoms with Crippen molar-refractivity contribution in [3.63, 3.8) is 0 Å². The molecule has 1 amide bonds. The molecule has 0 saturated carbocycles. The van der Waals surface area contributed by atoms with Gasteiger partial charge in [0.25, 0.3) is 5.91 Å². The average Bonchev–Trinajstić information content (AvgIpc) is 3.48. The molecule has 0 atom stereocenters. The van der Waals surface area contributed by atoms with Gasteiger partial charge in [0.2, 0.25) is 0 Å². The smallest absolute Gasteiger partial charge is 0.261 e. The Morgan fingerprint density at radius 1 is 1.13 bits per heavy atom. The molecule has 162 valence electrons. The Balaban J connectivity index is 1.65. The molecule has 31 heavy (non-hydrogen) atoms. The largest absolute Gasteiger partial charge is 0.493 e. The van der Waals surface area contributed by atoms with Crippen LogP contribution in [0.3, 0.4) is 0 Å². The number of rotatable bonds is 7. The number of Topliss-reactive ketones (excluding diaryl/α,β-unsaturated/α-hetero) is 1. The first-order chi connectivity index (χ1) is 15.1. The molecule has 1 aliphatic heterocycles. The molecule has 3 aromatic rings. The van der Waals surface area contributed by atoms with Crippen LogP contribution in [0.2, 0.25) is 0 Å². The van der Waals surface area contributed by atoms with Gasteiger partial charge in [0, 0.05) is 19.1 Å². The van der Waals surface area contributed by atoms with E-state index in [1.54, 1.807) is 30.3 Å². The van der Waals surface area contributed by atoms with Gasteiger partial charge in [0.1, 0.15) is 10.6 Å². The van der Waals surface area contributed by atoms with E-state index in [0.717, 1.165) is 11.3 Å². The predicted molar refractivity (Wildman–Crippen MR) is 115 cm³/mol. The normalized spacial score (nSPS) is 14.3. The summed E-state index contributed by atoms with van der Waals surface area (Å²) in [5.74, 6) is 0.688. The van der Waals surface area contributed by atoms with E-state index < -0.39 is 5.91 Å². The zero-order valence-corrected chi connectivity index (χ0v) is 18.0. The number of methoxy groups -OCH3 is 2. The first-order valence-electron chi connectivity index (χ1n) is 9.81. The molecular weight excluding hydrogens is 420 g/mol. The minimum absolute atomic E-state index is 0.00772. The molecule has 0 spiro atoms. The topological polar surface area (TPSA) is 99.9 Å². The summed E-state index contributed by atoms with van der Waals surface area (Å²) in [6.07, 6.45) is 2.85. The zero-order chi connectivity index (χ0) is 21.8. The van der Waals surface area contributed by atoms with Crippen LogP contribution in [0.5, 0.6) is 11.5 Å². The Morgan fingerprint density at radius 3 is 2.61 bits per heavy atom. The lowest BCUT2D eigenvalue weighted by Crippen LogP contribution is -2.23. The molecule has 1 aromatic carbocycles. The molecule has 4 rings (SSSR count). The van der Waals surface area contributed by atoms with Gasteiger partial charge in [0.15, 0.2) is 28.2 Å². The van der Waals surface area contributed by atoms with Crippen molar-refractivity contribution in [3.05, 3.63) is 47.0 Å². The highest BCUT2D eigenvalue weighted by atomic mass is 32.1. The molecule has 1 saturated heterocycles. The Hall–Kier alpha value is -3.17. The second-order valence-electron chi connectivity index (χ2n) is 6.92. The number of hydrogen-bond donors (Lipinski definition) is 1. The van der Waals surface area contributed by atoms with E-state index in [1.807, 2.05) is 0 Å². The fourth-order valence-corrected chi connectivity index (χ4v) is 4.48. The number of nitrogens with one attached hydrogen (secondary N) is 1. The van der Waals surface area contributed by atoms with Crippen LogP contribution in [0, 0.1) is 5.92 Å². The Kier molecular flexibility index (Phi) is 6.34. The molecule has 0 radical (unpaired) electrons. The molecule has 1 N–H and O–H groups in total. The SMILES string of the molecule is COc1cccc(C(=O)Nc2nc(-c3ccco3)c(C(=O)C3CCOCC3)s2)c1OC. The summed E-state index contributed by atoms with van der Waals surface area (Å²) in [6, 6.07) is 8.51. The molecule has 1 aliphatic rings. The number of carbonyl (C=O) groups excluding carboxylic acids is 2. The second-order valence-corrected chi connectivity index (χ2v) is 7.92.